The van der Waals surface area contributed by atoms with Crippen LogP contribution in [-0.4, -0.2) is 33.1 Å². The van der Waals surface area contributed by atoms with Crippen LogP contribution in [0, 0.1) is 0 Å². The van der Waals surface area contributed by atoms with E-state index in [0.29, 0.717) is 5.02 Å². The van der Waals surface area contributed by atoms with Crippen molar-refractivity contribution < 1.29 is 23.1 Å². The van der Waals surface area contributed by atoms with E-state index < -0.39 is 16.0 Å². The lowest BCUT2D eigenvalue weighted by molar-refractivity contribution is -0.136. The fourth-order valence-corrected chi connectivity index (χ4v) is 2.42. The second-order valence-corrected chi connectivity index (χ2v) is 5.51. The third kappa shape index (κ3) is 3.86. The van der Waals surface area contributed by atoms with Crippen LogP contribution in [0.15, 0.2) is 23.1 Å². The van der Waals surface area contributed by atoms with Gasteiger partial charge in [0.25, 0.3) is 0 Å². The maximum Gasteiger partial charge on any atom is 0.304 e. The number of carbonyl (C=O) groups is 1. The number of hydrogen-bond acceptors (Lipinski definition) is 4. The molecule has 0 atom stereocenters. The van der Waals surface area contributed by atoms with Crippen LogP contribution in [0.1, 0.15) is 6.42 Å². The van der Waals surface area contributed by atoms with Crippen molar-refractivity contribution in [3.8, 4) is 5.75 Å². The van der Waals surface area contributed by atoms with Crippen LogP contribution >= 0.6 is 11.6 Å². The third-order valence-electron chi connectivity index (χ3n) is 2.06. The van der Waals surface area contributed by atoms with Crippen molar-refractivity contribution >= 4 is 27.6 Å². The summed E-state index contributed by atoms with van der Waals surface area (Å²) in [6, 6.07) is 3.98. The lowest BCUT2D eigenvalue weighted by Gasteiger charge is -2.08. The maximum atomic E-state index is 11.8. The molecule has 8 heteroatoms. The normalized spacial score (nSPS) is 11.2. The molecule has 0 spiro atoms. The molecule has 0 fully saturated rings. The van der Waals surface area contributed by atoms with Crippen molar-refractivity contribution in [2.45, 2.75) is 11.3 Å². The van der Waals surface area contributed by atoms with Crippen LogP contribution in [0.3, 0.4) is 0 Å². The second kappa shape index (κ2) is 6.03. The molecular weight excluding hydrogens is 282 g/mol. The average Bonchev–Trinajstić information content (AvgIpc) is 2.28. The second-order valence-electron chi connectivity index (χ2n) is 3.34. The molecule has 6 nitrogen and oxygen atoms in total. The van der Waals surface area contributed by atoms with Crippen LogP contribution in [-0.2, 0) is 14.8 Å². The Morgan fingerprint density at radius 1 is 1.50 bits per heavy atom. The van der Waals surface area contributed by atoms with Crippen LogP contribution in [0.5, 0.6) is 5.75 Å². The Balaban J connectivity index is 2.88. The van der Waals surface area contributed by atoms with Gasteiger partial charge in [0.15, 0.2) is 0 Å². The molecule has 1 rings (SSSR count). The fourth-order valence-electron chi connectivity index (χ4n) is 1.18. The molecule has 0 aliphatic heterocycles. The molecule has 0 aromatic heterocycles. The number of halogens is 1. The minimum Gasteiger partial charge on any atom is -0.495 e. The van der Waals surface area contributed by atoms with Gasteiger partial charge in [0.1, 0.15) is 5.75 Å². The predicted molar refractivity (Wildman–Crippen MR) is 65.4 cm³/mol. The summed E-state index contributed by atoms with van der Waals surface area (Å²) in [6.45, 7) is -0.178. The highest BCUT2D eigenvalue weighted by Crippen LogP contribution is 2.26. The zero-order valence-corrected chi connectivity index (χ0v) is 11.1. The standard InChI is InChI=1S/C10H12ClNO5S/c1-17-9-6-7(2-3-8(9)11)18(15,16)12-5-4-10(13)14/h2-3,6,12H,4-5H2,1H3,(H,13,14). The molecule has 0 bridgehead atoms. The van der Waals surface area contributed by atoms with Gasteiger partial charge in [0.2, 0.25) is 10.0 Å². The molecule has 0 aliphatic rings. The number of aliphatic carboxylic acids is 1. The first-order valence-electron chi connectivity index (χ1n) is 4.92. The topological polar surface area (TPSA) is 92.7 Å². The largest absolute Gasteiger partial charge is 0.495 e. The Hall–Kier alpha value is -1.31. The van der Waals surface area contributed by atoms with Crippen LogP contribution in [0.25, 0.3) is 0 Å². The number of methoxy groups -OCH3 is 1. The van der Waals surface area contributed by atoms with Crippen molar-refractivity contribution in [2.24, 2.45) is 0 Å². The SMILES string of the molecule is COc1cc(S(=O)(=O)NCCC(=O)O)ccc1Cl. The van der Waals surface area contributed by atoms with Crippen molar-refractivity contribution in [1.29, 1.82) is 0 Å². The van der Waals surface area contributed by atoms with E-state index >= 15 is 0 Å². The molecule has 2 N–H and O–H groups in total. The highest BCUT2D eigenvalue weighted by molar-refractivity contribution is 7.89. The van der Waals surface area contributed by atoms with Gasteiger partial charge >= 0.3 is 5.97 Å². The van der Waals surface area contributed by atoms with E-state index in [1.807, 2.05) is 0 Å². The summed E-state index contributed by atoms with van der Waals surface area (Å²) in [7, 11) is -2.39. The highest BCUT2D eigenvalue weighted by atomic mass is 35.5. The first-order chi connectivity index (χ1) is 8.36. The smallest absolute Gasteiger partial charge is 0.304 e. The summed E-state index contributed by atoms with van der Waals surface area (Å²) < 4.78 is 30.7. The number of rotatable bonds is 6. The molecule has 0 radical (unpaired) electrons. The van der Waals surface area contributed by atoms with Crippen LogP contribution < -0.4 is 9.46 Å². The van der Waals surface area contributed by atoms with Crippen molar-refractivity contribution in [1.82, 2.24) is 4.72 Å². The molecule has 0 unspecified atom stereocenters. The predicted octanol–water partition coefficient (Wildman–Crippen LogP) is 1.10. The molecule has 0 aliphatic carbocycles. The zero-order valence-electron chi connectivity index (χ0n) is 9.51. The maximum absolute atomic E-state index is 11.8. The van der Waals surface area contributed by atoms with Gasteiger partial charge in [0.05, 0.1) is 23.4 Å². The first kappa shape index (κ1) is 14.7. The van der Waals surface area contributed by atoms with Crippen molar-refractivity contribution in [2.75, 3.05) is 13.7 Å². The number of benzene rings is 1. The van der Waals surface area contributed by atoms with Gasteiger partial charge in [-0.05, 0) is 12.1 Å². The molecular formula is C10H12ClNO5S. The van der Waals surface area contributed by atoms with Gasteiger partial charge in [0, 0.05) is 12.6 Å². The summed E-state index contributed by atoms with van der Waals surface area (Å²) >= 11 is 5.77. The summed E-state index contributed by atoms with van der Waals surface area (Å²) in [4.78, 5) is 10.3. The minimum absolute atomic E-state index is 0.0332. The fraction of sp³-hybridized carbons (Fsp3) is 0.300. The number of carboxylic acid groups (broad SMARTS) is 1. The Morgan fingerprint density at radius 3 is 2.72 bits per heavy atom. The van der Waals surface area contributed by atoms with E-state index in [1.165, 1.54) is 25.3 Å². The monoisotopic (exact) mass is 293 g/mol. The van der Waals surface area contributed by atoms with Gasteiger partial charge in [-0.25, -0.2) is 13.1 Å². The Labute approximate surface area is 110 Å². The number of sulfonamides is 1. The van der Waals surface area contributed by atoms with Gasteiger partial charge in [-0.15, -0.1) is 0 Å². The summed E-state index contributed by atoms with van der Waals surface area (Å²) in [6.07, 6.45) is -0.288. The lowest BCUT2D eigenvalue weighted by atomic mass is 10.3. The summed E-state index contributed by atoms with van der Waals surface area (Å²) in [5, 5.41) is 8.72. The van der Waals surface area contributed by atoms with Gasteiger partial charge < -0.3 is 9.84 Å². The molecule has 0 saturated carbocycles. The molecule has 1 aromatic rings. The van der Waals surface area contributed by atoms with E-state index in [4.69, 9.17) is 21.4 Å². The van der Waals surface area contributed by atoms with E-state index in [2.05, 4.69) is 4.72 Å². The third-order valence-corrected chi connectivity index (χ3v) is 3.83. The molecule has 0 amide bonds. The van der Waals surface area contributed by atoms with E-state index in [0.717, 1.165) is 0 Å². The minimum atomic E-state index is -3.76. The number of carboxylic acids is 1. The Bertz CT molecular complexity index is 543. The Morgan fingerprint density at radius 2 is 2.17 bits per heavy atom. The van der Waals surface area contributed by atoms with Crippen LogP contribution in [0.4, 0.5) is 0 Å². The van der Waals surface area contributed by atoms with E-state index in [-0.39, 0.29) is 23.6 Å². The van der Waals surface area contributed by atoms with Crippen LogP contribution in [0.2, 0.25) is 5.02 Å². The number of nitrogens with one attached hydrogen (secondary N) is 1. The summed E-state index contributed by atoms with van der Waals surface area (Å²) in [5.74, 6) is -0.843. The molecule has 18 heavy (non-hydrogen) atoms. The van der Waals surface area contributed by atoms with Gasteiger partial charge in [-0.3, -0.25) is 4.79 Å². The number of hydrogen-bond donors (Lipinski definition) is 2. The zero-order chi connectivity index (χ0) is 13.8. The average molecular weight is 294 g/mol. The van der Waals surface area contributed by atoms with E-state index in [9.17, 15) is 13.2 Å². The summed E-state index contributed by atoms with van der Waals surface area (Å²) in [5.41, 5.74) is 0. The molecule has 1 aromatic carbocycles. The van der Waals surface area contributed by atoms with Gasteiger partial charge in [-0.2, -0.15) is 0 Å². The van der Waals surface area contributed by atoms with E-state index in [1.54, 1.807) is 0 Å². The molecule has 0 heterocycles. The number of ether oxygens (including phenoxy) is 1. The van der Waals surface area contributed by atoms with Gasteiger partial charge in [-0.1, -0.05) is 11.6 Å². The van der Waals surface area contributed by atoms with Crippen molar-refractivity contribution in [3.05, 3.63) is 23.2 Å². The first-order valence-corrected chi connectivity index (χ1v) is 6.78. The highest BCUT2D eigenvalue weighted by Gasteiger charge is 2.16. The molecule has 100 valence electrons. The Kier molecular flexibility index (Phi) is 4.94. The molecule has 0 saturated heterocycles. The lowest BCUT2D eigenvalue weighted by Crippen LogP contribution is -2.26. The van der Waals surface area contributed by atoms with Crippen molar-refractivity contribution in [3.63, 3.8) is 0 Å². The quantitative estimate of drug-likeness (QED) is 0.819.